The fourth-order valence-electron chi connectivity index (χ4n) is 6.35. The van der Waals surface area contributed by atoms with Gasteiger partial charge in [-0.2, -0.15) is 4.57 Å². The Morgan fingerprint density at radius 1 is 0.403 bits per heavy atom. The van der Waals surface area contributed by atoms with E-state index in [1.807, 2.05) is 18.2 Å². The molecule has 0 N–H and O–H groups in total. The minimum absolute atomic E-state index is 0.0137. The summed E-state index contributed by atoms with van der Waals surface area (Å²) in [4.78, 5) is 11.9. The highest BCUT2D eigenvalue weighted by atomic mass is 35.5. The topological polar surface area (TPSA) is 20.9 Å². The van der Waals surface area contributed by atoms with Crippen molar-refractivity contribution in [3.05, 3.63) is 181 Å². The molecule has 0 atom stereocenters. The molecule has 0 aliphatic carbocycles. The molecule has 0 radical (unpaired) electrons. The summed E-state index contributed by atoms with van der Waals surface area (Å²) in [6.07, 6.45) is -5.52. The number of Topliss-reactive ketones (excluding diaryl/α,β-unsaturated/α-hetero) is 1. The number of nitrogens with zero attached hydrogens (tertiary/aromatic N) is 1. The molecule has 62 heavy (non-hydrogen) atoms. The van der Waals surface area contributed by atoms with Gasteiger partial charge in [-0.15, -0.1) is 21.9 Å². The largest absolute Gasteiger partial charge is 0.287 e. The number of carbonyl (C=O) groups is 1. The number of hydrogen-bond acceptors (Lipinski definition) is 1. The lowest BCUT2D eigenvalue weighted by Gasteiger charge is -2.44. The van der Waals surface area contributed by atoms with E-state index in [4.69, 9.17) is 23.2 Å². The molecular formula is C37H10BCl2F20NO. The van der Waals surface area contributed by atoms with Crippen LogP contribution in [0.3, 0.4) is 0 Å². The Bertz CT molecular complexity index is 2450. The Hall–Kier alpha value is -5.84. The van der Waals surface area contributed by atoms with E-state index in [2.05, 4.69) is 0 Å². The van der Waals surface area contributed by atoms with Crippen LogP contribution in [-0.4, -0.2) is 11.9 Å². The zero-order valence-electron chi connectivity index (χ0n) is 29.1. The summed E-state index contributed by atoms with van der Waals surface area (Å²) in [6, 6.07) is 12.4. The summed E-state index contributed by atoms with van der Waals surface area (Å²) in [6.45, 7) is 0.208. The average Bonchev–Trinajstić information content (AvgIpc) is 3.25. The van der Waals surface area contributed by atoms with Crippen LogP contribution < -0.4 is 26.4 Å². The number of carbonyl (C=O) groups excluding carboxylic acids is 1. The maximum Gasteiger partial charge on any atom is 0.276 e. The van der Waals surface area contributed by atoms with E-state index in [-0.39, 0.29) is 12.3 Å². The molecule has 25 heteroatoms. The maximum absolute atomic E-state index is 15.4. The number of pyridine rings is 1. The van der Waals surface area contributed by atoms with E-state index in [0.717, 1.165) is 0 Å². The van der Waals surface area contributed by atoms with Gasteiger partial charge in [0.05, 0.1) is 5.02 Å². The van der Waals surface area contributed by atoms with Crippen LogP contribution >= 0.6 is 23.2 Å². The van der Waals surface area contributed by atoms with Crippen LogP contribution in [0, 0.1) is 116 Å². The molecule has 0 saturated heterocycles. The van der Waals surface area contributed by atoms with Gasteiger partial charge >= 0.3 is 0 Å². The smallest absolute Gasteiger partial charge is 0.276 e. The highest BCUT2D eigenvalue weighted by molar-refractivity contribution is 7.20. The van der Waals surface area contributed by atoms with Crippen molar-refractivity contribution < 1.29 is 97.2 Å². The molecule has 6 rings (SSSR count). The Labute approximate surface area is 341 Å². The lowest BCUT2D eigenvalue weighted by atomic mass is 9.12. The van der Waals surface area contributed by atoms with Crippen LogP contribution in [0.1, 0.15) is 10.4 Å². The Kier molecular flexibility index (Phi) is 13.3. The van der Waals surface area contributed by atoms with Gasteiger partial charge in [0.25, 0.3) is 5.15 Å². The second kappa shape index (κ2) is 17.5. The second-order valence-corrected chi connectivity index (χ2v) is 13.2. The van der Waals surface area contributed by atoms with Crippen molar-refractivity contribution in [2.75, 3.05) is 0 Å². The SMILES string of the molecule is Fc1c(F)c(F)c([B-](c2c(F)c(F)c(F)c(F)c2F)(c2c(F)c(F)c(F)c(F)c2F)c2c(F)c(F)c(F)c(F)c2F)c(F)c1F.O=C(C[n+]1ccc(Cl)cc1Cl)c1ccccc1. The molecule has 0 unspecified atom stereocenters. The van der Waals surface area contributed by atoms with Crippen LogP contribution in [0.2, 0.25) is 10.2 Å². The van der Waals surface area contributed by atoms with Crippen LogP contribution in [0.25, 0.3) is 0 Å². The van der Waals surface area contributed by atoms with Crippen molar-refractivity contribution in [1.29, 1.82) is 0 Å². The first kappa shape index (κ1) is 47.2. The second-order valence-electron chi connectivity index (χ2n) is 12.4. The molecule has 5 aromatic carbocycles. The summed E-state index contributed by atoms with van der Waals surface area (Å²) in [5, 5.41) is 1.00. The first-order chi connectivity index (χ1) is 28.9. The predicted molar refractivity (Wildman–Crippen MR) is 177 cm³/mol. The van der Waals surface area contributed by atoms with Gasteiger partial charge in [0, 0.05) is 17.7 Å². The van der Waals surface area contributed by atoms with Gasteiger partial charge < -0.3 is 0 Å². The van der Waals surface area contributed by atoms with Crippen molar-refractivity contribution in [1.82, 2.24) is 0 Å². The number of ketones is 1. The number of halogens is 22. The molecule has 0 spiro atoms. The molecule has 0 fully saturated rings. The summed E-state index contributed by atoms with van der Waals surface area (Å²) >= 11 is 11.8. The molecule has 6 aromatic rings. The number of rotatable bonds is 7. The fraction of sp³-hybridized carbons (Fsp3) is 0.0270. The molecule has 0 bridgehead atoms. The van der Waals surface area contributed by atoms with Crippen molar-refractivity contribution in [3.8, 4) is 0 Å². The lowest BCUT2D eigenvalue weighted by Crippen LogP contribution is -2.81. The van der Waals surface area contributed by atoms with Gasteiger partial charge in [-0.05, 0) is 11.6 Å². The Balaban J connectivity index is 0.000000355. The van der Waals surface area contributed by atoms with Crippen molar-refractivity contribution in [2.45, 2.75) is 6.54 Å². The summed E-state index contributed by atoms with van der Waals surface area (Å²) in [5.41, 5.74) is -13.7. The molecule has 1 heterocycles. The third-order valence-electron chi connectivity index (χ3n) is 9.06. The molecule has 0 aliphatic rings. The monoisotopic (exact) mass is 945 g/mol. The summed E-state index contributed by atoms with van der Waals surface area (Å²) in [7, 11) is 0. The van der Waals surface area contributed by atoms with Crippen LogP contribution in [-0.2, 0) is 6.54 Å². The van der Waals surface area contributed by atoms with Gasteiger partial charge in [-0.1, -0.05) is 41.9 Å². The highest BCUT2D eigenvalue weighted by Crippen LogP contribution is 2.31. The molecule has 0 amide bonds. The third-order valence-corrected chi connectivity index (χ3v) is 9.62. The zero-order chi connectivity index (χ0) is 46.6. The van der Waals surface area contributed by atoms with Gasteiger partial charge in [0.1, 0.15) is 52.7 Å². The minimum Gasteiger partial charge on any atom is -0.287 e. The van der Waals surface area contributed by atoms with Crippen LogP contribution in [0.15, 0.2) is 48.7 Å². The van der Waals surface area contributed by atoms with E-state index < -0.39 is 144 Å². The predicted octanol–water partition coefficient (Wildman–Crippen LogP) is 9.01. The third kappa shape index (κ3) is 7.47. The average molecular weight is 946 g/mol. The van der Waals surface area contributed by atoms with Crippen LogP contribution in [0.4, 0.5) is 87.8 Å². The van der Waals surface area contributed by atoms with Gasteiger partial charge in [0.2, 0.25) is 12.3 Å². The number of hydrogen-bond donors (Lipinski definition) is 0. The molecule has 0 aliphatic heterocycles. The standard InChI is InChI=1S/C24BF20.C13H10Cl2NO/c26-5-1(6(27)14(35)21(42)13(5)34)25(2-7(28)15(36)22(43)16(37)8(2)29,3-9(30)17(38)23(44)18(39)10(3)31)4-11(32)19(40)24(45)20(41)12(4)33;14-11-6-7-16(13(15)8-11)9-12(17)10-4-2-1-3-5-10/h;1-8H,9H2/q-1;+1. The van der Waals surface area contributed by atoms with Gasteiger partial charge in [-0.25, -0.2) is 87.8 Å². The zero-order valence-corrected chi connectivity index (χ0v) is 30.6. The van der Waals surface area contributed by atoms with Crippen molar-refractivity contribution in [2.24, 2.45) is 0 Å². The molecule has 0 saturated carbocycles. The Morgan fingerprint density at radius 3 is 0.919 bits per heavy atom. The normalized spacial score (nSPS) is 11.5. The molecule has 1 aromatic heterocycles. The molecular weight excluding hydrogens is 936 g/mol. The van der Waals surface area contributed by atoms with E-state index in [9.17, 15) is 57.5 Å². The van der Waals surface area contributed by atoms with E-state index in [1.165, 1.54) is 0 Å². The Morgan fingerprint density at radius 2 is 0.661 bits per heavy atom. The summed E-state index contributed by atoms with van der Waals surface area (Å²) < 4.78 is 296. The first-order valence-electron chi connectivity index (χ1n) is 16.0. The number of benzene rings is 5. The van der Waals surface area contributed by atoms with E-state index in [1.54, 1.807) is 35.0 Å². The minimum atomic E-state index is -7.22. The van der Waals surface area contributed by atoms with Crippen molar-refractivity contribution >= 4 is 57.0 Å². The van der Waals surface area contributed by atoms with Crippen molar-refractivity contribution in [3.63, 3.8) is 0 Å². The highest BCUT2D eigenvalue weighted by Gasteiger charge is 2.52. The quantitative estimate of drug-likeness (QED) is 0.0298. The maximum atomic E-state index is 15.4. The molecule has 326 valence electrons. The van der Waals surface area contributed by atoms with E-state index >= 15 is 35.1 Å². The van der Waals surface area contributed by atoms with Crippen LogP contribution in [0.5, 0.6) is 0 Å². The number of aromatic nitrogens is 1. The fourth-order valence-corrected chi connectivity index (χ4v) is 6.80. The summed E-state index contributed by atoms with van der Waals surface area (Å²) in [5.74, 6) is -71.4. The first-order valence-corrected chi connectivity index (χ1v) is 16.8. The van der Waals surface area contributed by atoms with Gasteiger partial charge in [0.15, 0.2) is 76.0 Å². The lowest BCUT2D eigenvalue weighted by molar-refractivity contribution is -0.681. The van der Waals surface area contributed by atoms with E-state index in [0.29, 0.717) is 15.7 Å². The van der Waals surface area contributed by atoms with Gasteiger partial charge in [-0.3, -0.25) is 4.79 Å². The molecule has 2 nitrogen and oxygen atoms in total.